The Labute approximate surface area is 87.0 Å². The molecule has 7 nitrogen and oxygen atoms in total. The van der Waals surface area contributed by atoms with Crippen molar-refractivity contribution >= 4 is 16.6 Å². The van der Waals surface area contributed by atoms with E-state index in [0.717, 1.165) is 7.11 Å². The van der Waals surface area contributed by atoms with Crippen LogP contribution in [-0.2, 0) is 14.6 Å². The van der Waals surface area contributed by atoms with Gasteiger partial charge in [0, 0.05) is 6.20 Å². The normalized spacial score (nSPS) is 10.8. The van der Waals surface area contributed by atoms with Crippen molar-refractivity contribution in [2.45, 2.75) is 0 Å². The largest absolute Gasteiger partial charge is 0.726 e. The molecule has 1 aromatic heterocycles. The molecule has 0 aliphatic carbocycles. The van der Waals surface area contributed by atoms with Crippen LogP contribution in [-0.4, -0.2) is 36.5 Å². The first-order chi connectivity index (χ1) is 6.99. The molecule has 1 rings (SSSR count). The summed E-state index contributed by atoms with van der Waals surface area (Å²) < 4.78 is 31.0. The third-order valence-corrected chi connectivity index (χ3v) is 1.49. The van der Waals surface area contributed by atoms with E-state index in [-0.39, 0.29) is 0 Å². The van der Waals surface area contributed by atoms with Gasteiger partial charge in [-0.3, -0.25) is 9.17 Å². The number of hydrogen-bond donors (Lipinski definition) is 1. The SMILES string of the molecule is COS(=O)(=O)[O-].ON=Cc1ccccn1. The quantitative estimate of drug-likeness (QED) is 0.252. The molecule has 84 valence electrons. The van der Waals surface area contributed by atoms with Crippen molar-refractivity contribution < 1.29 is 22.4 Å². The molecule has 0 saturated heterocycles. The Kier molecular flexibility index (Phi) is 6.18. The Morgan fingerprint density at radius 2 is 2.20 bits per heavy atom. The van der Waals surface area contributed by atoms with Crippen molar-refractivity contribution in [2.24, 2.45) is 5.16 Å². The molecule has 0 amide bonds. The minimum atomic E-state index is -4.41. The smallest absolute Gasteiger partial charge is 0.217 e. The maximum Gasteiger partial charge on any atom is 0.217 e. The molecule has 8 heteroatoms. The maximum absolute atomic E-state index is 9.22. The van der Waals surface area contributed by atoms with Crippen molar-refractivity contribution in [3.8, 4) is 0 Å². The summed E-state index contributed by atoms with van der Waals surface area (Å²) in [6.07, 6.45) is 2.91. The van der Waals surface area contributed by atoms with Crippen molar-refractivity contribution in [1.29, 1.82) is 0 Å². The lowest BCUT2D eigenvalue weighted by atomic mass is 10.4. The topological polar surface area (TPSA) is 112 Å². The highest BCUT2D eigenvalue weighted by molar-refractivity contribution is 7.80. The van der Waals surface area contributed by atoms with Gasteiger partial charge in [-0.05, 0) is 12.1 Å². The van der Waals surface area contributed by atoms with Crippen LogP contribution in [0.1, 0.15) is 5.69 Å². The van der Waals surface area contributed by atoms with Gasteiger partial charge in [0.25, 0.3) is 0 Å². The minimum Gasteiger partial charge on any atom is -0.726 e. The van der Waals surface area contributed by atoms with E-state index in [1.807, 2.05) is 6.07 Å². The lowest BCUT2D eigenvalue weighted by molar-refractivity contribution is 0.314. The second-order valence-electron chi connectivity index (χ2n) is 2.07. The summed E-state index contributed by atoms with van der Waals surface area (Å²) in [6.45, 7) is 0. The molecule has 0 fully saturated rings. The van der Waals surface area contributed by atoms with E-state index < -0.39 is 10.4 Å². The van der Waals surface area contributed by atoms with Gasteiger partial charge in [-0.15, -0.1) is 0 Å². The van der Waals surface area contributed by atoms with Gasteiger partial charge in [0.05, 0.1) is 19.0 Å². The number of pyridine rings is 1. The first-order valence-corrected chi connectivity index (χ1v) is 4.93. The van der Waals surface area contributed by atoms with Gasteiger partial charge in [-0.2, -0.15) is 0 Å². The average Bonchev–Trinajstić information content (AvgIpc) is 2.20. The molecular weight excluding hydrogens is 224 g/mol. The summed E-state index contributed by atoms with van der Waals surface area (Å²) in [7, 11) is -3.60. The van der Waals surface area contributed by atoms with E-state index >= 15 is 0 Å². The number of rotatable bonds is 2. The molecule has 1 heterocycles. The van der Waals surface area contributed by atoms with Crippen LogP contribution in [0.15, 0.2) is 29.6 Å². The third-order valence-electron chi connectivity index (χ3n) is 1.08. The fourth-order valence-electron chi connectivity index (χ4n) is 0.511. The van der Waals surface area contributed by atoms with Crippen molar-refractivity contribution in [1.82, 2.24) is 4.98 Å². The van der Waals surface area contributed by atoms with Crippen LogP contribution in [0.5, 0.6) is 0 Å². The van der Waals surface area contributed by atoms with Crippen LogP contribution in [0.2, 0.25) is 0 Å². The Morgan fingerprint density at radius 3 is 2.53 bits per heavy atom. The fourth-order valence-corrected chi connectivity index (χ4v) is 0.511. The van der Waals surface area contributed by atoms with Gasteiger partial charge >= 0.3 is 0 Å². The molecule has 0 radical (unpaired) electrons. The monoisotopic (exact) mass is 233 g/mol. The van der Waals surface area contributed by atoms with Crippen molar-refractivity contribution in [3.05, 3.63) is 30.1 Å². The summed E-state index contributed by atoms with van der Waals surface area (Å²) in [5.41, 5.74) is 0.653. The molecule has 0 spiro atoms. The molecule has 0 aliphatic heterocycles. The second-order valence-corrected chi connectivity index (χ2v) is 3.22. The predicted octanol–water partition coefficient (Wildman–Crippen LogP) is -0.0173. The summed E-state index contributed by atoms with van der Waals surface area (Å²) in [5, 5.41) is 10.9. The standard InChI is InChI=1S/C6H6N2O.CH4O4S/c9-8-5-6-3-1-2-4-7-6;1-5-6(2,3)4/h1-5,9H;1H3,(H,2,3,4)/p-1. The van der Waals surface area contributed by atoms with Gasteiger partial charge < -0.3 is 9.76 Å². The third kappa shape index (κ3) is 8.81. The average molecular weight is 233 g/mol. The zero-order chi connectivity index (χ0) is 11.7. The van der Waals surface area contributed by atoms with Gasteiger partial charge in [0.1, 0.15) is 0 Å². The van der Waals surface area contributed by atoms with Gasteiger partial charge in [-0.1, -0.05) is 11.2 Å². The van der Waals surface area contributed by atoms with Gasteiger partial charge in [0.15, 0.2) is 0 Å². The highest BCUT2D eigenvalue weighted by Crippen LogP contribution is 1.86. The van der Waals surface area contributed by atoms with E-state index in [2.05, 4.69) is 14.3 Å². The molecule has 1 N–H and O–H groups in total. The van der Waals surface area contributed by atoms with Crippen LogP contribution in [0.3, 0.4) is 0 Å². The van der Waals surface area contributed by atoms with Crippen molar-refractivity contribution in [3.63, 3.8) is 0 Å². The van der Waals surface area contributed by atoms with Crippen molar-refractivity contribution in [2.75, 3.05) is 7.11 Å². The maximum atomic E-state index is 9.22. The highest BCUT2D eigenvalue weighted by atomic mass is 32.3. The van der Waals surface area contributed by atoms with Crippen LogP contribution in [0, 0.1) is 0 Å². The molecule has 0 unspecified atom stereocenters. The predicted molar refractivity (Wildman–Crippen MR) is 50.3 cm³/mol. The summed E-state index contributed by atoms with van der Waals surface area (Å²) in [6, 6.07) is 5.37. The van der Waals surface area contributed by atoms with Crippen LogP contribution in [0.25, 0.3) is 0 Å². The summed E-state index contributed by atoms with van der Waals surface area (Å²) in [5.74, 6) is 0. The van der Waals surface area contributed by atoms with E-state index in [9.17, 15) is 13.0 Å². The molecule has 15 heavy (non-hydrogen) atoms. The van der Waals surface area contributed by atoms with E-state index in [4.69, 9.17) is 5.21 Å². The lowest BCUT2D eigenvalue weighted by Gasteiger charge is -1.98. The molecule has 1 aromatic rings. The molecule has 0 saturated carbocycles. The zero-order valence-electron chi connectivity index (χ0n) is 7.77. The van der Waals surface area contributed by atoms with E-state index in [1.165, 1.54) is 6.21 Å². The van der Waals surface area contributed by atoms with E-state index in [0.29, 0.717) is 5.69 Å². The fraction of sp³-hybridized carbons (Fsp3) is 0.143. The lowest BCUT2D eigenvalue weighted by Crippen LogP contribution is -1.97. The van der Waals surface area contributed by atoms with Crippen LogP contribution in [0.4, 0.5) is 0 Å². The molecule has 0 bridgehead atoms. The first-order valence-electron chi connectivity index (χ1n) is 3.59. The molecule has 0 aliphatic rings. The van der Waals surface area contributed by atoms with Crippen LogP contribution >= 0.6 is 0 Å². The zero-order valence-corrected chi connectivity index (χ0v) is 8.59. The Balaban J connectivity index is 0.000000288. The number of aromatic nitrogens is 1. The number of oxime groups is 1. The van der Waals surface area contributed by atoms with E-state index in [1.54, 1.807) is 18.3 Å². The Bertz CT molecular complexity index is 389. The molecule has 0 aromatic carbocycles. The first kappa shape index (κ1) is 13.5. The Morgan fingerprint density at radius 1 is 1.60 bits per heavy atom. The molecule has 0 atom stereocenters. The number of hydrogen-bond acceptors (Lipinski definition) is 7. The van der Waals surface area contributed by atoms with Gasteiger partial charge in [0.2, 0.25) is 10.4 Å². The van der Waals surface area contributed by atoms with Crippen LogP contribution < -0.4 is 0 Å². The summed E-state index contributed by atoms with van der Waals surface area (Å²) in [4.78, 5) is 3.86. The summed E-state index contributed by atoms with van der Waals surface area (Å²) >= 11 is 0. The Hall–Kier alpha value is -1.51. The highest BCUT2D eigenvalue weighted by Gasteiger charge is 1.81. The number of nitrogens with zero attached hydrogens (tertiary/aromatic N) is 2. The minimum absolute atomic E-state index is 0.653. The van der Waals surface area contributed by atoms with Gasteiger partial charge in [-0.25, -0.2) is 8.42 Å². The molecular formula is C7H9N2O5S-. The second kappa shape index (κ2) is 6.87.